The third-order valence-corrected chi connectivity index (χ3v) is 3.06. The first kappa shape index (κ1) is 13.4. The van der Waals surface area contributed by atoms with Crippen LogP contribution in [0.15, 0.2) is 48.5 Å². The van der Waals surface area contributed by atoms with E-state index in [-0.39, 0.29) is 0 Å². The van der Waals surface area contributed by atoms with Crippen LogP contribution < -0.4 is 15.4 Å². The van der Waals surface area contributed by atoms with Gasteiger partial charge in [0.1, 0.15) is 5.75 Å². The topological polar surface area (TPSA) is 38.5 Å². The van der Waals surface area contributed by atoms with E-state index in [9.17, 15) is 0 Å². The Morgan fingerprint density at radius 3 is 2.63 bits per heavy atom. The number of nitrogens with zero attached hydrogens (tertiary/aromatic N) is 1. The first-order valence-electron chi connectivity index (χ1n) is 6.50. The second-order valence-electron chi connectivity index (χ2n) is 4.33. The van der Waals surface area contributed by atoms with Crippen LogP contribution in [-0.2, 0) is 6.54 Å². The minimum absolute atomic E-state index is 0.550. The fourth-order valence-electron chi connectivity index (χ4n) is 2.04. The summed E-state index contributed by atoms with van der Waals surface area (Å²) in [6, 6.07) is 16.3. The van der Waals surface area contributed by atoms with E-state index in [1.165, 1.54) is 0 Å². The number of para-hydroxylation sites is 2. The number of benzene rings is 2. The van der Waals surface area contributed by atoms with Crippen LogP contribution in [0.1, 0.15) is 12.5 Å². The van der Waals surface area contributed by atoms with Gasteiger partial charge in [0.25, 0.3) is 0 Å². The molecule has 0 atom stereocenters. The number of hydrogen-bond acceptors (Lipinski definition) is 3. The van der Waals surface area contributed by atoms with Gasteiger partial charge in [-0.05, 0) is 36.8 Å². The van der Waals surface area contributed by atoms with Gasteiger partial charge < -0.3 is 15.4 Å². The van der Waals surface area contributed by atoms with E-state index in [1.807, 2.05) is 44.3 Å². The Labute approximate surface area is 114 Å². The summed E-state index contributed by atoms with van der Waals surface area (Å²) < 4.78 is 5.67. The highest BCUT2D eigenvalue weighted by molar-refractivity contribution is 5.68. The highest BCUT2D eigenvalue weighted by atomic mass is 16.5. The summed E-state index contributed by atoms with van der Waals surface area (Å²) in [6.45, 7) is 3.20. The summed E-state index contributed by atoms with van der Waals surface area (Å²) in [7, 11) is 2.04. The lowest BCUT2D eigenvalue weighted by atomic mass is 10.1. The maximum absolute atomic E-state index is 5.69. The minimum atomic E-state index is 0.550. The highest BCUT2D eigenvalue weighted by Gasteiger charge is 2.09. The van der Waals surface area contributed by atoms with Gasteiger partial charge in [0.05, 0.1) is 12.3 Å². The fraction of sp³-hybridized carbons (Fsp3) is 0.250. The normalized spacial score (nSPS) is 10.3. The van der Waals surface area contributed by atoms with Crippen molar-refractivity contribution in [1.82, 2.24) is 0 Å². The van der Waals surface area contributed by atoms with Gasteiger partial charge in [-0.3, -0.25) is 0 Å². The summed E-state index contributed by atoms with van der Waals surface area (Å²) in [5, 5.41) is 0. The molecule has 0 aliphatic rings. The van der Waals surface area contributed by atoms with Crippen molar-refractivity contribution in [3.8, 4) is 5.75 Å². The molecule has 0 amide bonds. The lowest BCUT2D eigenvalue weighted by Crippen LogP contribution is -2.11. The smallest absolute Gasteiger partial charge is 0.142 e. The van der Waals surface area contributed by atoms with Crippen LogP contribution in [0.3, 0.4) is 0 Å². The summed E-state index contributed by atoms with van der Waals surface area (Å²) in [5.74, 6) is 0.894. The largest absolute Gasteiger partial charge is 0.492 e. The molecule has 0 heterocycles. The van der Waals surface area contributed by atoms with Crippen molar-refractivity contribution in [2.75, 3.05) is 18.6 Å². The average Bonchev–Trinajstić information content (AvgIpc) is 2.47. The summed E-state index contributed by atoms with van der Waals surface area (Å²) in [6.07, 6.45) is 0. The Hall–Kier alpha value is -2.00. The predicted octanol–water partition coefficient (Wildman–Crippen LogP) is 3.31. The molecule has 2 N–H and O–H groups in total. The molecule has 0 aliphatic carbocycles. The lowest BCUT2D eigenvalue weighted by molar-refractivity contribution is 0.341. The highest BCUT2D eigenvalue weighted by Crippen LogP contribution is 2.32. The molecule has 0 saturated heterocycles. The van der Waals surface area contributed by atoms with Crippen LogP contribution in [-0.4, -0.2) is 13.7 Å². The molecule has 19 heavy (non-hydrogen) atoms. The van der Waals surface area contributed by atoms with Crippen molar-refractivity contribution in [2.24, 2.45) is 5.73 Å². The fourth-order valence-corrected chi connectivity index (χ4v) is 2.04. The Morgan fingerprint density at radius 2 is 1.89 bits per heavy atom. The van der Waals surface area contributed by atoms with Crippen LogP contribution in [0.5, 0.6) is 5.75 Å². The molecule has 3 nitrogen and oxygen atoms in total. The van der Waals surface area contributed by atoms with Crippen LogP contribution in [0.2, 0.25) is 0 Å². The van der Waals surface area contributed by atoms with Gasteiger partial charge in [-0.15, -0.1) is 0 Å². The second-order valence-corrected chi connectivity index (χ2v) is 4.33. The summed E-state index contributed by atoms with van der Waals surface area (Å²) in [5.41, 5.74) is 8.98. The standard InChI is InChI=1S/C16H20N2O/c1-3-19-16-10-5-4-9-15(16)18(2)14-8-6-7-13(11-14)12-17/h4-11H,3,12,17H2,1-2H3. The summed E-state index contributed by atoms with van der Waals surface area (Å²) >= 11 is 0. The predicted molar refractivity (Wildman–Crippen MR) is 80.0 cm³/mol. The maximum Gasteiger partial charge on any atom is 0.142 e. The first-order valence-corrected chi connectivity index (χ1v) is 6.50. The molecule has 2 rings (SSSR count). The van der Waals surface area contributed by atoms with E-state index in [2.05, 4.69) is 23.1 Å². The van der Waals surface area contributed by atoms with Crippen LogP contribution in [0.25, 0.3) is 0 Å². The van der Waals surface area contributed by atoms with Gasteiger partial charge in [0.2, 0.25) is 0 Å². The molecule has 2 aromatic rings. The zero-order valence-electron chi connectivity index (χ0n) is 11.5. The van der Waals surface area contributed by atoms with E-state index >= 15 is 0 Å². The number of rotatable bonds is 5. The van der Waals surface area contributed by atoms with E-state index in [4.69, 9.17) is 10.5 Å². The Kier molecular flexibility index (Phi) is 4.42. The molecule has 0 unspecified atom stereocenters. The summed E-state index contributed by atoms with van der Waals surface area (Å²) in [4.78, 5) is 2.12. The molecule has 0 aromatic heterocycles. The van der Waals surface area contributed by atoms with Gasteiger partial charge in [0, 0.05) is 19.3 Å². The average molecular weight is 256 g/mol. The zero-order valence-corrected chi connectivity index (χ0v) is 11.5. The van der Waals surface area contributed by atoms with Crippen LogP contribution in [0, 0.1) is 0 Å². The molecule has 3 heteroatoms. The Bertz CT molecular complexity index is 540. The van der Waals surface area contributed by atoms with Gasteiger partial charge >= 0.3 is 0 Å². The SMILES string of the molecule is CCOc1ccccc1N(C)c1cccc(CN)c1. The molecule has 0 radical (unpaired) electrons. The van der Waals surface area contributed by atoms with Crippen molar-refractivity contribution in [3.05, 3.63) is 54.1 Å². The zero-order chi connectivity index (χ0) is 13.7. The molecule has 0 bridgehead atoms. The molecular weight excluding hydrogens is 236 g/mol. The lowest BCUT2D eigenvalue weighted by Gasteiger charge is -2.22. The molecule has 0 saturated carbocycles. The van der Waals surface area contributed by atoms with Gasteiger partial charge in [-0.1, -0.05) is 24.3 Å². The molecular formula is C16H20N2O. The molecule has 2 aromatic carbocycles. The van der Waals surface area contributed by atoms with Gasteiger partial charge in [0.15, 0.2) is 0 Å². The van der Waals surface area contributed by atoms with Crippen LogP contribution in [0.4, 0.5) is 11.4 Å². The number of hydrogen-bond donors (Lipinski definition) is 1. The van der Waals surface area contributed by atoms with E-state index in [0.29, 0.717) is 13.2 Å². The number of nitrogens with two attached hydrogens (primary N) is 1. The molecule has 0 aliphatic heterocycles. The minimum Gasteiger partial charge on any atom is -0.492 e. The van der Waals surface area contributed by atoms with Crippen molar-refractivity contribution >= 4 is 11.4 Å². The molecule has 100 valence electrons. The number of anilines is 2. The van der Waals surface area contributed by atoms with E-state index in [1.54, 1.807) is 0 Å². The monoisotopic (exact) mass is 256 g/mol. The van der Waals surface area contributed by atoms with E-state index < -0.39 is 0 Å². The quantitative estimate of drug-likeness (QED) is 0.892. The molecule has 0 spiro atoms. The van der Waals surface area contributed by atoms with Crippen molar-refractivity contribution in [1.29, 1.82) is 0 Å². The third kappa shape index (κ3) is 3.06. The Morgan fingerprint density at radius 1 is 1.11 bits per heavy atom. The molecule has 0 fully saturated rings. The van der Waals surface area contributed by atoms with Crippen molar-refractivity contribution < 1.29 is 4.74 Å². The van der Waals surface area contributed by atoms with Gasteiger partial charge in [-0.25, -0.2) is 0 Å². The van der Waals surface area contributed by atoms with Crippen molar-refractivity contribution in [2.45, 2.75) is 13.5 Å². The van der Waals surface area contributed by atoms with Crippen LogP contribution >= 0.6 is 0 Å². The second kappa shape index (κ2) is 6.25. The maximum atomic E-state index is 5.69. The van der Waals surface area contributed by atoms with Gasteiger partial charge in [-0.2, -0.15) is 0 Å². The first-order chi connectivity index (χ1) is 9.26. The Balaban J connectivity index is 2.35. The van der Waals surface area contributed by atoms with Crippen molar-refractivity contribution in [3.63, 3.8) is 0 Å². The van der Waals surface area contributed by atoms with E-state index in [0.717, 1.165) is 22.7 Å². The number of ether oxygens (including phenoxy) is 1. The third-order valence-electron chi connectivity index (χ3n) is 3.06.